The number of hydrogen-bond acceptors (Lipinski definition) is 7. The number of ether oxygens (including phenoxy) is 2. The molecular weight excluding hydrogens is 424 g/mol. The van der Waals surface area contributed by atoms with Crippen molar-refractivity contribution < 1.29 is 24.2 Å². The standard InChI is InChI=1S/C24H38N4O5/c1-24(2,31)16-26-10-7-21(25)27-23(30)20(13-17-5-3-4-6-17)28-15-19(14-22(28)29)33-18-8-11-32-12-9-18/h7,10,14,17-18,20,26,31H,3-6,8-9,11-13,15-16H2,1-2H3,(H2,25,27,30)/b10-7-/t20-/m0/s1. The minimum absolute atomic E-state index is 0.0366. The summed E-state index contributed by atoms with van der Waals surface area (Å²) in [6.07, 6.45) is 11.1. The number of nitrogens with one attached hydrogen (secondary N) is 3. The van der Waals surface area contributed by atoms with Crippen LogP contribution >= 0.6 is 0 Å². The largest absolute Gasteiger partial charge is 0.492 e. The zero-order valence-corrected chi connectivity index (χ0v) is 19.8. The van der Waals surface area contributed by atoms with Gasteiger partial charge in [-0.25, -0.2) is 0 Å². The molecule has 1 saturated carbocycles. The first-order chi connectivity index (χ1) is 15.7. The third-order valence-electron chi connectivity index (χ3n) is 6.25. The number of hydrogen-bond donors (Lipinski definition) is 4. The van der Waals surface area contributed by atoms with Crippen LogP contribution in [0.1, 0.15) is 58.8 Å². The normalized spacial score (nSPS) is 21.4. The molecule has 9 nitrogen and oxygen atoms in total. The predicted molar refractivity (Wildman–Crippen MR) is 124 cm³/mol. The monoisotopic (exact) mass is 462 g/mol. The maximum absolute atomic E-state index is 13.1. The van der Waals surface area contributed by atoms with Gasteiger partial charge in [0.05, 0.1) is 25.4 Å². The van der Waals surface area contributed by atoms with E-state index in [-0.39, 0.29) is 30.3 Å². The molecule has 9 heteroatoms. The second-order valence-corrected chi connectivity index (χ2v) is 9.84. The van der Waals surface area contributed by atoms with Crippen molar-refractivity contribution in [1.29, 1.82) is 5.41 Å². The molecule has 0 bridgehead atoms. The highest BCUT2D eigenvalue weighted by Gasteiger charge is 2.37. The highest BCUT2D eigenvalue weighted by molar-refractivity contribution is 6.05. The molecule has 1 aliphatic carbocycles. The Labute approximate surface area is 196 Å². The molecule has 4 N–H and O–H groups in total. The average Bonchev–Trinajstić information content (AvgIpc) is 3.39. The van der Waals surface area contributed by atoms with Crippen LogP contribution in [0.5, 0.6) is 0 Å². The van der Waals surface area contributed by atoms with Gasteiger partial charge in [0.2, 0.25) is 5.91 Å². The first kappa shape index (κ1) is 25.2. The third-order valence-corrected chi connectivity index (χ3v) is 6.25. The number of aliphatic hydroxyl groups is 1. The van der Waals surface area contributed by atoms with Crippen molar-refractivity contribution in [2.75, 3.05) is 26.3 Å². The summed E-state index contributed by atoms with van der Waals surface area (Å²) in [5.41, 5.74) is -0.879. The maximum atomic E-state index is 13.1. The Morgan fingerprint density at radius 2 is 2.03 bits per heavy atom. The van der Waals surface area contributed by atoms with E-state index in [1.165, 1.54) is 18.4 Å². The molecule has 0 unspecified atom stereocenters. The van der Waals surface area contributed by atoms with Gasteiger partial charge in [-0.15, -0.1) is 0 Å². The molecule has 1 saturated heterocycles. The third kappa shape index (κ3) is 8.16. The quantitative estimate of drug-likeness (QED) is 0.290. The Balaban J connectivity index is 1.59. The SMILES string of the molecule is CC(C)(O)CN/C=C\C(=N)NC(=O)[C@H](CC1CCCC1)N1CC(OC2CCOCC2)=CC1=O. The number of carbonyl (C=O) groups excluding carboxylic acids is 2. The van der Waals surface area contributed by atoms with Crippen LogP contribution in [0.2, 0.25) is 0 Å². The summed E-state index contributed by atoms with van der Waals surface area (Å²) >= 11 is 0. The molecule has 33 heavy (non-hydrogen) atoms. The van der Waals surface area contributed by atoms with Gasteiger partial charge >= 0.3 is 0 Å². The first-order valence-corrected chi connectivity index (χ1v) is 12.0. The van der Waals surface area contributed by atoms with Crippen LogP contribution < -0.4 is 10.6 Å². The van der Waals surface area contributed by atoms with Crippen LogP contribution in [0.25, 0.3) is 0 Å². The summed E-state index contributed by atoms with van der Waals surface area (Å²) in [7, 11) is 0. The molecule has 2 fully saturated rings. The second kappa shape index (κ2) is 11.7. The number of rotatable bonds is 10. The lowest BCUT2D eigenvalue weighted by atomic mass is 9.96. The lowest BCUT2D eigenvalue weighted by Gasteiger charge is -2.30. The van der Waals surface area contributed by atoms with E-state index in [1.807, 2.05) is 0 Å². The lowest BCUT2D eigenvalue weighted by Crippen LogP contribution is -2.50. The highest BCUT2D eigenvalue weighted by Crippen LogP contribution is 2.31. The Morgan fingerprint density at radius 1 is 1.33 bits per heavy atom. The van der Waals surface area contributed by atoms with Crippen LogP contribution in [0.15, 0.2) is 24.1 Å². The van der Waals surface area contributed by atoms with Gasteiger partial charge in [-0.1, -0.05) is 25.7 Å². The van der Waals surface area contributed by atoms with Crippen molar-refractivity contribution in [3.63, 3.8) is 0 Å². The number of nitrogens with zero attached hydrogens (tertiary/aromatic N) is 1. The summed E-state index contributed by atoms with van der Waals surface area (Å²) in [4.78, 5) is 27.5. The molecule has 0 aromatic heterocycles. The van der Waals surface area contributed by atoms with Crippen LogP contribution in [0.3, 0.4) is 0 Å². The van der Waals surface area contributed by atoms with Gasteiger partial charge in [-0.2, -0.15) is 0 Å². The Hall–Kier alpha value is -2.39. The zero-order chi connectivity index (χ0) is 23.8. The molecule has 0 radical (unpaired) electrons. The van der Waals surface area contributed by atoms with E-state index in [0.29, 0.717) is 37.9 Å². The molecule has 184 valence electrons. The fourth-order valence-corrected chi connectivity index (χ4v) is 4.50. The van der Waals surface area contributed by atoms with Crippen molar-refractivity contribution in [2.24, 2.45) is 5.92 Å². The summed E-state index contributed by atoms with van der Waals surface area (Å²) in [6, 6.07) is -0.647. The van der Waals surface area contributed by atoms with Gasteiger partial charge in [-0.05, 0) is 32.3 Å². The summed E-state index contributed by atoms with van der Waals surface area (Å²) in [6.45, 7) is 5.26. The van der Waals surface area contributed by atoms with Gasteiger partial charge in [0, 0.05) is 31.7 Å². The zero-order valence-electron chi connectivity index (χ0n) is 19.8. The van der Waals surface area contributed by atoms with Crippen molar-refractivity contribution in [3.05, 3.63) is 24.1 Å². The summed E-state index contributed by atoms with van der Waals surface area (Å²) in [5, 5.41) is 23.3. The Bertz CT molecular complexity index is 761. The maximum Gasteiger partial charge on any atom is 0.251 e. The van der Waals surface area contributed by atoms with Crippen LogP contribution in [-0.4, -0.2) is 71.7 Å². The van der Waals surface area contributed by atoms with Gasteiger partial charge in [-0.3, -0.25) is 15.0 Å². The first-order valence-electron chi connectivity index (χ1n) is 12.0. The number of amides is 2. The Morgan fingerprint density at radius 3 is 2.70 bits per heavy atom. The van der Waals surface area contributed by atoms with Gasteiger partial charge in [0.15, 0.2) is 0 Å². The van der Waals surface area contributed by atoms with Crippen molar-refractivity contribution in [3.8, 4) is 0 Å². The van der Waals surface area contributed by atoms with Gasteiger partial charge in [0.1, 0.15) is 23.7 Å². The summed E-state index contributed by atoms with van der Waals surface area (Å²) in [5.74, 6) is 0.351. The van der Waals surface area contributed by atoms with Crippen molar-refractivity contribution in [2.45, 2.75) is 76.5 Å². The molecule has 2 amide bonds. The lowest BCUT2D eigenvalue weighted by molar-refractivity contribution is -0.135. The van der Waals surface area contributed by atoms with Crippen LogP contribution in [0, 0.1) is 11.3 Å². The fourth-order valence-electron chi connectivity index (χ4n) is 4.50. The second-order valence-electron chi connectivity index (χ2n) is 9.84. The Kier molecular flexibility index (Phi) is 8.91. The van der Waals surface area contributed by atoms with Gasteiger partial charge in [0.25, 0.3) is 5.91 Å². The van der Waals surface area contributed by atoms with E-state index in [9.17, 15) is 14.7 Å². The molecule has 3 rings (SSSR count). The molecule has 0 aromatic rings. The highest BCUT2D eigenvalue weighted by atomic mass is 16.5. The van der Waals surface area contributed by atoms with E-state index in [2.05, 4.69) is 10.6 Å². The van der Waals surface area contributed by atoms with Gasteiger partial charge < -0.3 is 30.1 Å². The smallest absolute Gasteiger partial charge is 0.251 e. The molecule has 0 aromatic carbocycles. The predicted octanol–water partition coefficient (Wildman–Crippen LogP) is 1.82. The minimum atomic E-state index is -0.879. The minimum Gasteiger partial charge on any atom is -0.492 e. The summed E-state index contributed by atoms with van der Waals surface area (Å²) < 4.78 is 11.4. The molecule has 1 atom stereocenters. The number of amidine groups is 1. The van der Waals surface area contributed by atoms with Crippen LogP contribution in [-0.2, 0) is 19.1 Å². The van der Waals surface area contributed by atoms with Crippen LogP contribution in [0.4, 0.5) is 0 Å². The molecule has 2 heterocycles. The van der Waals surface area contributed by atoms with E-state index in [1.54, 1.807) is 18.7 Å². The average molecular weight is 463 g/mol. The van der Waals surface area contributed by atoms with E-state index in [4.69, 9.17) is 14.9 Å². The molecule has 0 spiro atoms. The molecule has 3 aliphatic rings. The fraction of sp³-hybridized carbons (Fsp3) is 0.708. The van der Waals surface area contributed by atoms with E-state index < -0.39 is 11.6 Å². The number of carbonyl (C=O) groups is 2. The van der Waals surface area contributed by atoms with Crippen molar-refractivity contribution >= 4 is 17.6 Å². The molecular formula is C24H38N4O5. The topological polar surface area (TPSA) is 124 Å². The van der Waals surface area contributed by atoms with E-state index in [0.717, 1.165) is 38.5 Å². The molecule has 2 aliphatic heterocycles. The van der Waals surface area contributed by atoms with Crippen molar-refractivity contribution in [1.82, 2.24) is 15.5 Å². The van der Waals surface area contributed by atoms with E-state index >= 15 is 0 Å².